The molecule has 4 N–H and O–H groups in total. The SMILES string of the molecule is C.CN(CC1CCc2sc(Br)c(Cl)c21)C(=O)OC(C)(C)C.CN(CC1CCc2sc(Br)cc21)C(=O)OC(C)(C)C.CN(CC1CCc2sccc21)C(=O)OC(C)(C)C.CNCC1CCc2sc(Br)c(Cl)c21.CNCC1CCc2scc(Cl)c21.CNCC1CCc2scc(Cl)c21.CNCC1CCc2sccc21.Cl.Cl. The van der Waals surface area contributed by atoms with Crippen LogP contribution in [0.15, 0.2) is 51.1 Å². The summed E-state index contributed by atoms with van der Waals surface area (Å²) in [5.41, 5.74) is 8.52. The number of nitrogens with zero attached hydrogens (tertiary/aromatic N) is 3. The normalized spacial score (nSPS) is 19.1. The van der Waals surface area contributed by atoms with Gasteiger partial charge in [0.2, 0.25) is 0 Å². The summed E-state index contributed by atoms with van der Waals surface area (Å²) >= 11 is 47.9. The first kappa shape index (κ1) is 97.3. The minimum atomic E-state index is -0.463. The van der Waals surface area contributed by atoms with Gasteiger partial charge in [0.25, 0.3) is 0 Å². The molecule has 108 heavy (non-hydrogen) atoms. The first-order valence-electron chi connectivity index (χ1n) is 36.4. The lowest BCUT2D eigenvalue weighted by molar-refractivity contribution is 0.0278. The number of hydrogen-bond acceptors (Lipinski definition) is 17. The summed E-state index contributed by atoms with van der Waals surface area (Å²) in [6.07, 6.45) is 15.9. The average molecular weight is 1930 g/mol. The van der Waals surface area contributed by atoms with Gasteiger partial charge in [0.1, 0.15) is 16.8 Å². The third kappa shape index (κ3) is 27.4. The van der Waals surface area contributed by atoms with Crippen LogP contribution in [0.2, 0.25) is 20.1 Å². The summed E-state index contributed by atoms with van der Waals surface area (Å²) in [6, 6.07) is 6.68. The monoisotopic (exact) mass is 1930 g/mol. The fourth-order valence-corrected chi connectivity index (χ4v) is 25.9. The van der Waals surface area contributed by atoms with E-state index in [4.69, 9.17) is 60.6 Å². The second kappa shape index (κ2) is 44.9. The number of thiophene rings is 7. The third-order valence-electron chi connectivity index (χ3n) is 19.3. The van der Waals surface area contributed by atoms with E-state index in [9.17, 15) is 14.4 Å². The van der Waals surface area contributed by atoms with Gasteiger partial charge in [-0.2, -0.15) is 0 Å². The van der Waals surface area contributed by atoms with Crippen LogP contribution in [0.25, 0.3) is 0 Å². The zero-order valence-corrected chi connectivity index (χ0v) is 79.7. The Labute approximate surface area is 730 Å². The van der Waals surface area contributed by atoms with Crippen LogP contribution in [0.5, 0.6) is 0 Å². The van der Waals surface area contributed by atoms with Gasteiger partial charge in [0.05, 0.1) is 31.4 Å². The average Bonchev–Trinajstić information content (AvgIpc) is 1.64. The largest absolute Gasteiger partial charge is 0.444 e. The molecule has 0 saturated carbocycles. The highest BCUT2D eigenvalue weighted by atomic mass is 79.9. The van der Waals surface area contributed by atoms with Crippen LogP contribution in [0, 0.1) is 0 Å². The van der Waals surface area contributed by atoms with Crippen LogP contribution in [-0.2, 0) is 59.2 Å². The Balaban J connectivity index is 0.000000227. The zero-order valence-electron chi connectivity index (χ0n) is 64.5. The standard InChI is InChI=1S/C14H19BrClNO2S.C14H20BrNO2S.C14H21NO2S.C9H11BrClNS.2C9H12ClNS.C9H13NS.CH4.2ClH/c1-14(2,3)19-13(18)17(4)7-8-5-6-9-10(8)11(16)12(15)20-9;1-14(2,3)18-13(17)16(4)8-9-5-6-11-10(9)7-12(15)19-11;1-14(2,3)17-13(16)15(4)9-10-5-6-12-11(10)7-8-18-12;1-12-4-5-2-3-6-7(5)8(11)9(10)13-6;2*1-11-4-6-2-3-8-9(6)7(10)5-12-8;1-10-6-7-2-3-9-8(7)4-5-11-9;;;/h8H,5-7H2,1-4H3;7,9H,5-6,8H2,1-4H3;7-8,10H,5-6,9H2,1-4H3;5,12H,2-4H2,1H3;2*5-6,11H,2-4H2,1H3;4-5,7,10H,2-3,6H2,1H3;1H4;2*1H. The summed E-state index contributed by atoms with van der Waals surface area (Å²) in [5, 5.41) is 25.1. The molecule has 7 aliphatic rings. The van der Waals surface area contributed by atoms with Gasteiger partial charge < -0.3 is 50.2 Å². The van der Waals surface area contributed by atoms with Crippen molar-refractivity contribution in [2.75, 3.05) is 95.1 Å². The second-order valence-electron chi connectivity index (χ2n) is 30.9. The van der Waals surface area contributed by atoms with E-state index in [2.05, 4.69) is 109 Å². The van der Waals surface area contributed by atoms with Gasteiger partial charge in [-0.05, 0) is 320 Å². The van der Waals surface area contributed by atoms with E-state index >= 15 is 0 Å². The van der Waals surface area contributed by atoms with Crippen molar-refractivity contribution in [3.05, 3.63) is 144 Å². The highest BCUT2D eigenvalue weighted by molar-refractivity contribution is 9.11. The molecule has 14 rings (SSSR count). The van der Waals surface area contributed by atoms with Crippen molar-refractivity contribution in [3.63, 3.8) is 0 Å². The minimum Gasteiger partial charge on any atom is -0.444 e. The molecule has 3 amide bonds. The molecule has 0 radical (unpaired) electrons. The number of likely N-dealkylation sites (N-methyl/N-ethyl adjacent to an activating group) is 7. The molecule has 7 heterocycles. The number of nitrogens with one attached hydrogen (secondary N) is 4. The van der Waals surface area contributed by atoms with Gasteiger partial charge in [0.15, 0.2) is 0 Å². The van der Waals surface area contributed by atoms with Gasteiger partial charge in [-0.3, -0.25) is 0 Å². The molecule has 7 aliphatic carbocycles. The van der Waals surface area contributed by atoms with Gasteiger partial charge in [-0.25, -0.2) is 14.4 Å². The first-order chi connectivity index (χ1) is 49.6. The van der Waals surface area contributed by atoms with Crippen LogP contribution in [0.1, 0.15) is 229 Å². The lowest BCUT2D eigenvalue weighted by Crippen LogP contribution is -2.36. The maximum atomic E-state index is 12.0. The maximum absolute atomic E-state index is 12.0. The van der Waals surface area contributed by atoms with E-state index in [-0.39, 0.29) is 50.5 Å². The predicted molar refractivity (Wildman–Crippen MR) is 484 cm³/mol. The fraction of sp³-hybridized carbons (Fsp3) is 0.608. The Hall–Kier alpha value is -1.27. The number of rotatable bonds is 14. The Morgan fingerprint density at radius 1 is 0.426 bits per heavy atom. The van der Waals surface area contributed by atoms with Crippen molar-refractivity contribution >= 4 is 217 Å². The second-order valence-corrected chi connectivity index (χ2v) is 43.7. The van der Waals surface area contributed by atoms with E-state index in [1.54, 1.807) is 54.9 Å². The molecule has 7 aromatic rings. The Bertz CT molecular complexity index is 3910. The van der Waals surface area contributed by atoms with Crippen molar-refractivity contribution in [2.45, 2.75) is 218 Å². The Morgan fingerprint density at radius 3 is 1.13 bits per heavy atom. The molecule has 7 atom stereocenters. The molecular formula is C79H114Br3Cl6N7O6S7. The van der Waals surface area contributed by atoms with E-state index < -0.39 is 16.8 Å². The van der Waals surface area contributed by atoms with Crippen molar-refractivity contribution in [1.82, 2.24) is 36.0 Å². The lowest BCUT2D eigenvalue weighted by atomic mass is 10.0. The topological polar surface area (TPSA) is 137 Å². The van der Waals surface area contributed by atoms with E-state index in [1.807, 2.05) is 161 Å². The third-order valence-corrected chi connectivity index (χ3v) is 31.4. The maximum Gasteiger partial charge on any atom is 0.410 e. The molecule has 0 spiro atoms. The van der Waals surface area contributed by atoms with Gasteiger partial charge in [-0.1, -0.05) is 53.8 Å². The molecule has 29 heteroatoms. The number of carbonyl (C=O) groups is 3. The molecule has 0 aliphatic heterocycles. The van der Waals surface area contributed by atoms with Crippen molar-refractivity contribution < 1.29 is 28.6 Å². The number of hydrogen-bond donors (Lipinski definition) is 4. The summed E-state index contributed by atoms with van der Waals surface area (Å²) in [7, 11) is 13.4. The van der Waals surface area contributed by atoms with Crippen molar-refractivity contribution in [1.29, 1.82) is 0 Å². The fourth-order valence-electron chi connectivity index (χ4n) is 14.6. The lowest BCUT2D eigenvalue weighted by Gasteiger charge is -2.26. The van der Waals surface area contributed by atoms with Crippen LogP contribution in [0.3, 0.4) is 0 Å². The van der Waals surface area contributed by atoms with E-state index in [0.29, 0.717) is 42.1 Å². The van der Waals surface area contributed by atoms with Crippen molar-refractivity contribution in [2.24, 2.45) is 0 Å². The molecule has 0 aromatic carbocycles. The number of aryl methyl sites for hydroxylation is 7. The molecular weight excluding hydrogens is 1820 g/mol. The number of halogens is 9. The molecule has 13 nitrogen and oxygen atoms in total. The van der Waals surface area contributed by atoms with Crippen LogP contribution < -0.4 is 21.3 Å². The molecule has 7 unspecified atom stereocenters. The number of ether oxygens (including phenoxy) is 3. The molecule has 0 fully saturated rings. The van der Waals surface area contributed by atoms with Gasteiger partial charge >= 0.3 is 18.3 Å². The predicted octanol–water partition coefficient (Wildman–Crippen LogP) is 25.3. The molecule has 606 valence electrons. The summed E-state index contributed by atoms with van der Waals surface area (Å²) in [6.45, 7) is 23.4. The van der Waals surface area contributed by atoms with Crippen LogP contribution in [0.4, 0.5) is 14.4 Å². The zero-order chi connectivity index (χ0) is 76.8. The Kier molecular flexibility index (Phi) is 40.4. The number of fused-ring (bicyclic) bond motifs is 7. The Morgan fingerprint density at radius 2 is 0.731 bits per heavy atom. The van der Waals surface area contributed by atoms with Crippen molar-refractivity contribution in [3.8, 4) is 0 Å². The smallest absolute Gasteiger partial charge is 0.410 e. The van der Waals surface area contributed by atoms with Gasteiger partial charge in [-0.15, -0.1) is 104 Å². The number of amides is 3. The molecule has 7 aromatic heterocycles. The highest BCUT2D eigenvalue weighted by Crippen LogP contribution is 2.50. The summed E-state index contributed by atoms with van der Waals surface area (Å²) in [5.74, 6) is 3.94. The summed E-state index contributed by atoms with van der Waals surface area (Å²) < 4.78 is 19.4. The summed E-state index contributed by atoms with van der Waals surface area (Å²) in [4.78, 5) is 51.3. The minimum absolute atomic E-state index is 0. The van der Waals surface area contributed by atoms with Gasteiger partial charge in [0, 0.05) is 130 Å². The highest BCUT2D eigenvalue weighted by Gasteiger charge is 2.35. The molecule has 0 saturated heterocycles. The van der Waals surface area contributed by atoms with Crippen LogP contribution >= 0.6 is 198 Å². The quantitative estimate of drug-likeness (QED) is 0.0779. The first-order valence-corrected chi connectivity index (χ1v) is 46.2. The van der Waals surface area contributed by atoms with E-state index in [0.717, 1.165) is 111 Å². The number of carbonyl (C=O) groups excluding carboxylic acids is 3. The van der Waals surface area contributed by atoms with E-state index in [1.165, 1.54) is 118 Å². The molecule has 0 bridgehead atoms. The van der Waals surface area contributed by atoms with Crippen LogP contribution in [-0.4, -0.2) is 145 Å².